The molecule has 0 bridgehead atoms. The van der Waals surface area contributed by atoms with Gasteiger partial charge in [0.2, 0.25) is 0 Å². The molecule has 0 fully saturated rings. The molecule has 24 heavy (non-hydrogen) atoms. The average Bonchev–Trinajstić information content (AvgIpc) is 2.95. The van der Waals surface area contributed by atoms with Gasteiger partial charge in [0, 0.05) is 12.2 Å². The summed E-state index contributed by atoms with van der Waals surface area (Å²) in [6.07, 6.45) is 1.87. The second kappa shape index (κ2) is 6.65. The highest BCUT2D eigenvalue weighted by Crippen LogP contribution is 2.36. The smallest absolute Gasteiger partial charge is 0.188 e. The molecule has 0 saturated heterocycles. The zero-order valence-corrected chi connectivity index (χ0v) is 15.5. The maximum absolute atomic E-state index is 4.77. The number of nitrogens with zero attached hydrogens (tertiary/aromatic N) is 2. The van der Waals surface area contributed by atoms with Gasteiger partial charge < -0.3 is 10.2 Å². The van der Waals surface area contributed by atoms with E-state index < -0.39 is 0 Å². The van der Waals surface area contributed by atoms with Crippen molar-refractivity contribution in [2.45, 2.75) is 27.7 Å². The van der Waals surface area contributed by atoms with Gasteiger partial charge in [-0.05, 0) is 57.2 Å². The second-order valence-electron chi connectivity index (χ2n) is 6.01. The largest absolute Gasteiger partial charge is 0.348 e. The van der Waals surface area contributed by atoms with Gasteiger partial charge in [0.25, 0.3) is 0 Å². The van der Waals surface area contributed by atoms with Crippen LogP contribution in [-0.4, -0.2) is 11.5 Å². The van der Waals surface area contributed by atoms with Gasteiger partial charge in [-0.25, -0.2) is 4.98 Å². The van der Waals surface area contributed by atoms with Crippen molar-refractivity contribution < 1.29 is 0 Å². The van der Waals surface area contributed by atoms with Crippen molar-refractivity contribution in [3.63, 3.8) is 0 Å². The van der Waals surface area contributed by atoms with Crippen molar-refractivity contribution in [1.29, 1.82) is 0 Å². The van der Waals surface area contributed by atoms with Gasteiger partial charge in [0.1, 0.15) is 0 Å². The summed E-state index contributed by atoms with van der Waals surface area (Å²) in [5.41, 5.74) is 7.10. The Bertz CT molecular complexity index is 872. The number of aryl methyl sites for hydroxylation is 3. The van der Waals surface area contributed by atoms with E-state index in [0.29, 0.717) is 0 Å². The van der Waals surface area contributed by atoms with E-state index in [4.69, 9.17) is 4.98 Å². The number of anilines is 3. The molecule has 0 atom stereocenters. The minimum atomic E-state index is 0.888. The number of hydrogen-bond donors (Lipinski definition) is 1. The average molecular weight is 337 g/mol. The van der Waals surface area contributed by atoms with Crippen molar-refractivity contribution in [3.05, 3.63) is 59.8 Å². The quantitative estimate of drug-likeness (QED) is 0.625. The molecule has 1 N–H and O–H groups in total. The fourth-order valence-electron chi connectivity index (χ4n) is 3.10. The molecule has 0 spiro atoms. The maximum Gasteiger partial charge on any atom is 0.188 e. The molecule has 3 aromatic rings. The van der Waals surface area contributed by atoms with Crippen LogP contribution in [0.2, 0.25) is 0 Å². The summed E-state index contributed by atoms with van der Waals surface area (Å²) < 4.78 is 1.18. The zero-order valence-electron chi connectivity index (χ0n) is 14.7. The fourth-order valence-corrected chi connectivity index (χ4v) is 4.09. The van der Waals surface area contributed by atoms with Crippen LogP contribution in [0.25, 0.3) is 10.2 Å². The van der Waals surface area contributed by atoms with E-state index in [0.717, 1.165) is 28.6 Å². The lowest BCUT2D eigenvalue weighted by Crippen LogP contribution is -2.13. The van der Waals surface area contributed by atoms with E-state index in [1.165, 1.54) is 21.4 Å². The molecule has 124 valence electrons. The molecule has 4 heteroatoms. The zero-order chi connectivity index (χ0) is 17.3. The molecule has 3 nitrogen and oxygen atoms in total. The number of aromatic nitrogens is 1. The highest BCUT2D eigenvalue weighted by Gasteiger charge is 2.12. The van der Waals surface area contributed by atoms with E-state index in [1.807, 2.05) is 6.20 Å². The molecule has 1 aromatic heterocycles. The molecule has 0 unspecified atom stereocenters. The molecule has 0 aliphatic heterocycles. The molecule has 2 aromatic carbocycles. The molecule has 0 radical (unpaired) electrons. The van der Waals surface area contributed by atoms with Crippen LogP contribution in [0.15, 0.2) is 43.1 Å². The van der Waals surface area contributed by atoms with Gasteiger partial charge in [0.15, 0.2) is 5.13 Å². The second-order valence-corrected chi connectivity index (χ2v) is 7.01. The minimum Gasteiger partial charge on any atom is -0.348 e. The molecule has 0 aliphatic carbocycles. The Labute approximate surface area is 147 Å². The predicted molar refractivity (Wildman–Crippen MR) is 107 cm³/mol. The van der Waals surface area contributed by atoms with Crippen LogP contribution in [0, 0.1) is 20.8 Å². The molecular formula is C20H23N3S. The first kappa shape index (κ1) is 16.5. The van der Waals surface area contributed by atoms with Gasteiger partial charge in [-0.1, -0.05) is 41.7 Å². The summed E-state index contributed by atoms with van der Waals surface area (Å²) in [6, 6.07) is 10.6. The highest BCUT2D eigenvalue weighted by atomic mass is 32.1. The van der Waals surface area contributed by atoms with E-state index in [9.17, 15) is 0 Å². The van der Waals surface area contributed by atoms with Gasteiger partial charge >= 0.3 is 0 Å². The SMILES string of the molecule is C=CN(CC)c1cccc2nc(Nc3c(C)cc(C)cc3C)sc12. The predicted octanol–water partition coefficient (Wildman–Crippen LogP) is 5.93. The number of rotatable bonds is 5. The van der Waals surface area contributed by atoms with Crippen LogP contribution < -0.4 is 10.2 Å². The van der Waals surface area contributed by atoms with Crippen LogP contribution in [0.4, 0.5) is 16.5 Å². The van der Waals surface area contributed by atoms with Crippen molar-refractivity contribution in [3.8, 4) is 0 Å². The van der Waals surface area contributed by atoms with Crippen molar-refractivity contribution in [2.24, 2.45) is 0 Å². The third-order valence-corrected chi connectivity index (χ3v) is 5.18. The van der Waals surface area contributed by atoms with Gasteiger partial charge in [-0.15, -0.1) is 0 Å². The molecule has 0 amide bonds. The van der Waals surface area contributed by atoms with Crippen LogP contribution in [0.3, 0.4) is 0 Å². The van der Waals surface area contributed by atoms with E-state index in [2.05, 4.69) is 74.8 Å². The monoisotopic (exact) mass is 337 g/mol. The summed E-state index contributed by atoms with van der Waals surface area (Å²) in [6.45, 7) is 13.3. The lowest BCUT2D eigenvalue weighted by molar-refractivity contribution is 1.03. The molecule has 0 aliphatic rings. The third-order valence-electron chi connectivity index (χ3n) is 4.17. The third kappa shape index (κ3) is 3.02. The highest BCUT2D eigenvalue weighted by molar-refractivity contribution is 7.22. The summed E-state index contributed by atoms with van der Waals surface area (Å²) in [5.74, 6) is 0. The summed E-state index contributed by atoms with van der Waals surface area (Å²) in [5, 5.41) is 4.45. The van der Waals surface area contributed by atoms with E-state index >= 15 is 0 Å². The van der Waals surface area contributed by atoms with Crippen LogP contribution >= 0.6 is 11.3 Å². The Morgan fingerprint density at radius 2 is 1.92 bits per heavy atom. The van der Waals surface area contributed by atoms with E-state index in [-0.39, 0.29) is 0 Å². The molecular weight excluding hydrogens is 314 g/mol. The van der Waals surface area contributed by atoms with Crippen molar-refractivity contribution in [2.75, 3.05) is 16.8 Å². The van der Waals surface area contributed by atoms with Gasteiger partial charge in [0.05, 0.1) is 15.9 Å². The number of hydrogen-bond acceptors (Lipinski definition) is 4. The Morgan fingerprint density at radius 3 is 2.54 bits per heavy atom. The first-order chi connectivity index (χ1) is 11.5. The van der Waals surface area contributed by atoms with E-state index in [1.54, 1.807) is 11.3 Å². The molecule has 0 saturated carbocycles. The first-order valence-electron chi connectivity index (χ1n) is 8.17. The maximum atomic E-state index is 4.77. The lowest BCUT2D eigenvalue weighted by atomic mass is 10.1. The minimum absolute atomic E-state index is 0.888. The Hall–Kier alpha value is -2.33. The first-order valence-corrected chi connectivity index (χ1v) is 8.98. The Morgan fingerprint density at radius 1 is 1.21 bits per heavy atom. The topological polar surface area (TPSA) is 28.2 Å². The normalized spacial score (nSPS) is 10.8. The number of nitrogens with one attached hydrogen (secondary N) is 1. The standard InChI is InChI=1S/C20H23N3S/c1-6-23(7-2)17-10-8-9-16-19(17)24-20(21-16)22-18-14(4)11-13(3)12-15(18)5/h6,8-12H,1,7H2,2-5H3,(H,21,22). The fraction of sp³-hybridized carbons (Fsp3) is 0.250. The van der Waals surface area contributed by atoms with Crippen LogP contribution in [-0.2, 0) is 0 Å². The number of thiazole rings is 1. The van der Waals surface area contributed by atoms with Crippen molar-refractivity contribution >= 4 is 38.1 Å². The Balaban J connectivity index is 2.03. The molecule has 3 rings (SSSR count). The number of fused-ring (bicyclic) bond motifs is 1. The van der Waals surface area contributed by atoms with Crippen molar-refractivity contribution in [1.82, 2.24) is 4.98 Å². The molecule has 1 heterocycles. The van der Waals surface area contributed by atoms with Crippen LogP contribution in [0.1, 0.15) is 23.6 Å². The lowest BCUT2D eigenvalue weighted by Gasteiger charge is -2.17. The van der Waals surface area contributed by atoms with Crippen LogP contribution in [0.5, 0.6) is 0 Å². The summed E-state index contributed by atoms with van der Waals surface area (Å²) >= 11 is 1.69. The summed E-state index contributed by atoms with van der Waals surface area (Å²) in [4.78, 5) is 6.92. The number of benzene rings is 2. The Kier molecular flexibility index (Phi) is 4.58. The van der Waals surface area contributed by atoms with Gasteiger partial charge in [-0.2, -0.15) is 0 Å². The van der Waals surface area contributed by atoms with Gasteiger partial charge in [-0.3, -0.25) is 0 Å². The summed E-state index contributed by atoms with van der Waals surface area (Å²) in [7, 11) is 0.